The number of rotatable bonds is 10. The summed E-state index contributed by atoms with van der Waals surface area (Å²) in [5.41, 5.74) is 3.52. The molecule has 22 heavy (non-hydrogen) atoms. The molecule has 2 N–H and O–H groups in total. The maximum atomic E-state index is 11.8. The van der Waals surface area contributed by atoms with Gasteiger partial charge in [-0.2, -0.15) is 0 Å². The van der Waals surface area contributed by atoms with E-state index in [9.17, 15) is 14.2 Å². The van der Waals surface area contributed by atoms with E-state index in [1.54, 1.807) is 0 Å². The molecule has 0 aliphatic carbocycles. The molecule has 0 fully saturated rings. The van der Waals surface area contributed by atoms with Crippen LogP contribution in [0.5, 0.6) is 0 Å². The largest absolute Gasteiger partial charge is 0.388 e. The van der Waals surface area contributed by atoms with Crippen molar-refractivity contribution < 1.29 is 23.8 Å². The second-order valence-electron chi connectivity index (χ2n) is 5.88. The van der Waals surface area contributed by atoms with E-state index >= 15 is 0 Å². The lowest BCUT2D eigenvalue weighted by atomic mass is 10.1. The van der Waals surface area contributed by atoms with Gasteiger partial charge in [-0.3, -0.25) is 4.57 Å². The Hall–Kier alpha value is -0.740. The van der Waals surface area contributed by atoms with Gasteiger partial charge in [0.2, 0.25) is 0 Å². The second kappa shape index (κ2) is 10.9. The Morgan fingerprint density at radius 1 is 1.14 bits per heavy atom. The van der Waals surface area contributed by atoms with Gasteiger partial charge in [-0.1, -0.05) is 34.9 Å². The van der Waals surface area contributed by atoms with E-state index in [-0.39, 0.29) is 0 Å². The molecule has 0 spiro atoms. The Morgan fingerprint density at radius 2 is 1.68 bits per heavy atom. The van der Waals surface area contributed by atoms with Crippen LogP contribution in [0.25, 0.3) is 0 Å². The van der Waals surface area contributed by atoms with E-state index in [1.807, 2.05) is 6.92 Å². The first-order chi connectivity index (χ1) is 10.2. The van der Waals surface area contributed by atoms with E-state index in [4.69, 9.17) is 4.89 Å². The molecule has 0 amide bonds. The molecule has 0 saturated carbocycles. The molecule has 0 aromatic rings. The predicted molar refractivity (Wildman–Crippen MR) is 88.3 cm³/mol. The molecule has 4 nitrogen and oxygen atoms in total. The normalized spacial score (nSPS) is 17.0. The van der Waals surface area contributed by atoms with Crippen LogP contribution in [0.3, 0.4) is 0 Å². The van der Waals surface area contributed by atoms with Gasteiger partial charge < -0.3 is 10.00 Å². The van der Waals surface area contributed by atoms with Gasteiger partial charge in [-0.15, -0.1) is 4.73 Å². The summed E-state index contributed by atoms with van der Waals surface area (Å²) in [6, 6.07) is 0. The second-order valence-corrected chi connectivity index (χ2v) is 7.66. The lowest BCUT2D eigenvalue weighted by Crippen LogP contribution is -2.10. The minimum atomic E-state index is -4.33. The Kier molecular flexibility index (Phi) is 10.5. The first kappa shape index (κ1) is 21.3. The summed E-state index contributed by atoms with van der Waals surface area (Å²) in [5, 5.41) is 9.59. The number of hydrogen-bond acceptors (Lipinski definition) is 3. The minimum Gasteiger partial charge on any atom is -0.388 e. The van der Waals surface area contributed by atoms with Crippen LogP contribution in [0.15, 0.2) is 34.9 Å². The first-order valence-corrected chi connectivity index (χ1v) is 9.19. The average Bonchev–Trinajstić information content (AvgIpc) is 2.37. The van der Waals surface area contributed by atoms with Gasteiger partial charge in [0, 0.05) is 0 Å². The highest BCUT2D eigenvalue weighted by Crippen LogP contribution is 2.42. The van der Waals surface area contributed by atoms with E-state index in [2.05, 4.69) is 37.7 Å². The molecule has 0 saturated heterocycles. The summed E-state index contributed by atoms with van der Waals surface area (Å²) < 4.78 is 25.7. The van der Waals surface area contributed by atoms with Crippen LogP contribution in [-0.2, 0) is 9.29 Å². The fraction of sp³-hybridized carbons (Fsp3) is 0.625. The minimum absolute atomic E-state index is 0.640. The molecule has 0 aromatic carbocycles. The number of allylic oxidation sites excluding steroid dienone is 5. The Bertz CT molecular complexity index is 465. The Morgan fingerprint density at radius 3 is 2.23 bits per heavy atom. The number of aliphatic hydroxyl groups is 1. The summed E-state index contributed by atoms with van der Waals surface area (Å²) in [6.45, 7) is 8.08. The summed E-state index contributed by atoms with van der Waals surface area (Å²) in [5.74, 6) is 0. The van der Waals surface area contributed by atoms with Crippen molar-refractivity contribution in [3.05, 3.63) is 34.9 Å². The summed E-state index contributed by atoms with van der Waals surface area (Å²) in [7, 11) is -4.33. The molecule has 2 atom stereocenters. The number of halogens is 1. The Labute approximate surface area is 132 Å². The van der Waals surface area contributed by atoms with Crippen molar-refractivity contribution >= 4 is 7.60 Å². The van der Waals surface area contributed by atoms with E-state index in [0.717, 1.165) is 31.3 Å². The third kappa shape index (κ3) is 11.9. The monoisotopic (exact) mass is 334 g/mol. The molecule has 0 heterocycles. The van der Waals surface area contributed by atoms with Crippen LogP contribution in [0, 0.1) is 0 Å². The maximum Gasteiger partial charge on any atom is 0.364 e. The predicted octanol–water partition coefficient (Wildman–Crippen LogP) is 4.85. The van der Waals surface area contributed by atoms with Crippen LogP contribution in [0.2, 0.25) is 0 Å². The fourth-order valence-electron chi connectivity index (χ4n) is 1.97. The van der Waals surface area contributed by atoms with Gasteiger partial charge in [0.25, 0.3) is 0 Å². The van der Waals surface area contributed by atoms with E-state index in [0.29, 0.717) is 0 Å². The number of hydrogen-bond donors (Lipinski definition) is 2. The lowest BCUT2D eigenvalue weighted by molar-refractivity contribution is -0.0204. The zero-order chi connectivity index (χ0) is 17.2. The van der Waals surface area contributed by atoms with Gasteiger partial charge in [0.15, 0.2) is 0 Å². The molecule has 0 aromatic heterocycles. The standard InChI is InChI=1S/C16H28FO4P/c1-13(2)7-5-8-14(3)9-6-10-15(4)11-16(18)12-22(19,20)21-17/h7,9,11,16,18H,5-6,8,10,12H2,1-4H3,(H,19,20). The Balaban J connectivity index is 4.21. The van der Waals surface area contributed by atoms with Crippen molar-refractivity contribution in [1.29, 1.82) is 0 Å². The summed E-state index contributed by atoms with van der Waals surface area (Å²) >= 11 is 0. The molecule has 128 valence electrons. The van der Waals surface area contributed by atoms with Gasteiger partial charge in [0.1, 0.15) is 0 Å². The fourth-order valence-corrected chi connectivity index (χ4v) is 2.60. The smallest absolute Gasteiger partial charge is 0.364 e. The van der Waals surface area contributed by atoms with Crippen molar-refractivity contribution in [2.75, 3.05) is 6.16 Å². The van der Waals surface area contributed by atoms with Crippen LogP contribution >= 0.6 is 7.60 Å². The van der Waals surface area contributed by atoms with Crippen LogP contribution in [-0.4, -0.2) is 22.3 Å². The van der Waals surface area contributed by atoms with Crippen molar-refractivity contribution in [3.8, 4) is 0 Å². The quantitative estimate of drug-likeness (QED) is 0.442. The highest BCUT2D eigenvalue weighted by Gasteiger charge is 2.24. The summed E-state index contributed by atoms with van der Waals surface area (Å²) in [4.78, 5) is 8.93. The third-order valence-corrected chi connectivity index (χ3v) is 4.18. The maximum absolute atomic E-state index is 11.8. The molecule has 6 heteroatoms. The highest BCUT2D eigenvalue weighted by molar-refractivity contribution is 7.52. The first-order valence-electron chi connectivity index (χ1n) is 7.43. The number of aliphatic hydroxyl groups excluding tert-OH is 1. The third-order valence-electron chi connectivity index (χ3n) is 3.13. The van der Waals surface area contributed by atoms with Crippen LogP contribution in [0.1, 0.15) is 53.4 Å². The van der Waals surface area contributed by atoms with E-state index in [1.165, 1.54) is 17.2 Å². The molecule has 0 bridgehead atoms. The zero-order valence-electron chi connectivity index (χ0n) is 13.9. The molecular weight excluding hydrogens is 306 g/mol. The van der Waals surface area contributed by atoms with Gasteiger partial charge in [-0.05, 0) is 57.9 Å². The zero-order valence-corrected chi connectivity index (χ0v) is 14.8. The van der Waals surface area contributed by atoms with Crippen molar-refractivity contribution in [2.45, 2.75) is 59.5 Å². The van der Waals surface area contributed by atoms with Crippen LogP contribution in [0.4, 0.5) is 4.53 Å². The molecule has 2 unspecified atom stereocenters. The van der Waals surface area contributed by atoms with Gasteiger partial charge >= 0.3 is 7.60 Å². The average molecular weight is 334 g/mol. The summed E-state index contributed by atoms with van der Waals surface area (Å²) in [6.07, 6.45) is 7.64. The molecule has 0 aliphatic rings. The van der Waals surface area contributed by atoms with E-state index < -0.39 is 19.9 Å². The van der Waals surface area contributed by atoms with Gasteiger partial charge in [-0.25, -0.2) is 0 Å². The van der Waals surface area contributed by atoms with Crippen LogP contribution < -0.4 is 0 Å². The molecule has 0 radical (unpaired) electrons. The topological polar surface area (TPSA) is 66.8 Å². The lowest BCUT2D eigenvalue weighted by Gasteiger charge is -2.10. The van der Waals surface area contributed by atoms with Crippen molar-refractivity contribution in [2.24, 2.45) is 0 Å². The molecule has 0 aliphatic heterocycles. The molecule has 0 rings (SSSR count). The highest BCUT2D eigenvalue weighted by atomic mass is 31.2. The SMILES string of the molecule is CC(C)=CCCC(C)=CCCC(C)=CC(O)CP(=O)(O)OF. The van der Waals surface area contributed by atoms with Crippen molar-refractivity contribution in [1.82, 2.24) is 0 Å². The van der Waals surface area contributed by atoms with Crippen molar-refractivity contribution in [3.63, 3.8) is 0 Å². The van der Waals surface area contributed by atoms with Gasteiger partial charge in [0.05, 0.1) is 12.3 Å². The molecular formula is C16H28FO4P.